The van der Waals surface area contributed by atoms with E-state index in [2.05, 4.69) is 0 Å². The van der Waals surface area contributed by atoms with Crippen molar-refractivity contribution in [2.45, 2.75) is 20.8 Å². The molecular weight excluding hydrogens is 227 g/mol. The molecule has 0 amide bonds. The van der Waals surface area contributed by atoms with Crippen LogP contribution in [0.15, 0.2) is 30.3 Å². The van der Waals surface area contributed by atoms with E-state index in [1.807, 2.05) is 39.0 Å². The number of benzene rings is 2. The molecule has 2 heteroatoms. The van der Waals surface area contributed by atoms with Crippen LogP contribution in [0.5, 0.6) is 0 Å². The zero-order chi connectivity index (χ0) is 13.3. The lowest BCUT2D eigenvalue weighted by Crippen LogP contribution is -1.94. The van der Waals surface area contributed by atoms with Crippen molar-refractivity contribution in [2.24, 2.45) is 0 Å². The van der Waals surface area contributed by atoms with Crippen LogP contribution in [0.1, 0.15) is 27.0 Å². The van der Waals surface area contributed by atoms with E-state index in [9.17, 15) is 9.18 Å². The van der Waals surface area contributed by atoms with Gasteiger partial charge in [0.05, 0.1) is 0 Å². The van der Waals surface area contributed by atoms with Crippen LogP contribution in [0.4, 0.5) is 4.39 Å². The van der Waals surface area contributed by atoms with Crippen molar-refractivity contribution in [2.75, 3.05) is 0 Å². The molecular formula is C16H15FO. The predicted molar refractivity (Wildman–Crippen MR) is 71.4 cm³/mol. The summed E-state index contributed by atoms with van der Waals surface area (Å²) in [5.74, 6) is -0.238. The molecule has 0 unspecified atom stereocenters. The topological polar surface area (TPSA) is 17.1 Å². The Balaban J connectivity index is 2.65. The first-order valence-corrected chi connectivity index (χ1v) is 5.86. The smallest absolute Gasteiger partial charge is 0.150 e. The second kappa shape index (κ2) is 4.73. The maximum absolute atomic E-state index is 13.8. The Morgan fingerprint density at radius 2 is 1.61 bits per heavy atom. The summed E-state index contributed by atoms with van der Waals surface area (Å²) in [5, 5.41) is 0. The van der Waals surface area contributed by atoms with E-state index in [0.29, 0.717) is 11.1 Å². The fourth-order valence-electron chi connectivity index (χ4n) is 2.18. The van der Waals surface area contributed by atoms with E-state index in [0.717, 1.165) is 28.5 Å². The van der Waals surface area contributed by atoms with Gasteiger partial charge in [-0.1, -0.05) is 23.8 Å². The molecule has 0 N–H and O–H groups in total. The van der Waals surface area contributed by atoms with Crippen molar-refractivity contribution < 1.29 is 9.18 Å². The molecule has 92 valence electrons. The highest BCUT2D eigenvalue weighted by molar-refractivity contribution is 5.82. The van der Waals surface area contributed by atoms with Gasteiger partial charge in [0, 0.05) is 11.1 Å². The Bertz CT molecular complexity index is 591. The SMILES string of the molecule is Cc1ccc(F)c(-c2cc(C)c(C=O)c(C)c2)c1. The van der Waals surface area contributed by atoms with E-state index >= 15 is 0 Å². The average molecular weight is 242 g/mol. The number of aldehydes is 1. The van der Waals surface area contributed by atoms with Gasteiger partial charge in [0.15, 0.2) is 6.29 Å². The molecule has 0 aliphatic carbocycles. The molecule has 0 aliphatic heterocycles. The van der Waals surface area contributed by atoms with Crippen LogP contribution < -0.4 is 0 Å². The van der Waals surface area contributed by atoms with Gasteiger partial charge in [-0.15, -0.1) is 0 Å². The number of carbonyl (C=O) groups is 1. The van der Waals surface area contributed by atoms with Gasteiger partial charge in [-0.3, -0.25) is 4.79 Å². The van der Waals surface area contributed by atoms with Crippen LogP contribution in [0.25, 0.3) is 11.1 Å². The monoisotopic (exact) mass is 242 g/mol. The maximum Gasteiger partial charge on any atom is 0.150 e. The van der Waals surface area contributed by atoms with Gasteiger partial charge >= 0.3 is 0 Å². The van der Waals surface area contributed by atoms with Gasteiger partial charge in [-0.05, 0) is 49.6 Å². The minimum Gasteiger partial charge on any atom is -0.298 e. The van der Waals surface area contributed by atoms with Crippen LogP contribution in [0, 0.1) is 26.6 Å². The lowest BCUT2D eigenvalue weighted by atomic mass is 9.95. The minimum atomic E-state index is -0.238. The predicted octanol–water partition coefficient (Wildman–Crippen LogP) is 4.23. The molecule has 0 aliphatic rings. The third-order valence-electron chi connectivity index (χ3n) is 3.14. The van der Waals surface area contributed by atoms with Crippen LogP contribution in [-0.2, 0) is 0 Å². The highest BCUT2D eigenvalue weighted by atomic mass is 19.1. The van der Waals surface area contributed by atoms with E-state index in [1.165, 1.54) is 6.07 Å². The molecule has 2 aromatic rings. The van der Waals surface area contributed by atoms with Gasteiger partial charge in [-0.2, -0.15) is 0 Å². The molecule has 0 saturated carbocycles. The molecule has 0 heterocycles. The number of halogens is 1. The second-order valence-corrected chi connectivity index (χ2v) is 4.62. The fourth-order valence-corrected chi connectivity index (χ4v) is 2.18. The molecule has 0 fully saturated rings. The first-order chi connectivity index (χ1) is 8.52. The molecule has 0 atom stereocenters. The second-order valence-electron chi connectivity index (χ2n) is 4.62. The summed E-state index contributed by atoms with van der Waals surface area (Å²) in [7, 11) is 0. The Morgan fingerprint density at radius 1 is 1.00 bits per heavy atom. The standard InChI is InChI=1S/C16H15FO/c1-10-4-5-16(17)14(6-10)13-7-11(2)15(9-18)12(3)8-13/h4-9H,1-3H3. The van der Waals surface area contributed by atoms with Gasteiger partial charge in [0.25, 0.3) is 0 Å². The molecule has 0 bridgehead atoms. The molecule has 0 radical (unpaired) electrons. The highest BCUT2D eigenvalue weighted by Gasteiger charge is 2.09. The van der Waals surface area contributed by atoms with Crippen molar-refractivity contribution in [1.29, 1.82) is 0 Å². The van der Waals surface area contributed by atoms with Gasteiger partial charge < -0.3 is 0 Å². The number of hydrogen-bond acceptors (Lipinski definition) is 1. The number of carbonyl (C=O) groups excluding carboxylic acids is 1. The summed E-state index contributed by atoms with van der Waals surface area (Å²) < 4.78 is 13.8. The maximum atomic E-state index is 13.8. The normalized spacial score (nSPS) is 10.4. The van der Waals surface area contributed by atoms with Crippen molar-refractivity contribution in [3.05, 3.63) is 58.4 Å². The van der Waals surface area contributed by atoms with Crippen molar-refractivity contribution in [3.63, 3.8) is 0 Å². The highest BCUT2D eigenvalue weighted by Crippen LogP contribution is 2.27. The third kappa shape index (κ3) is 2.19. The van der Waals surface area contributed by atoms with Gasteiger partial charge in [-0.25, -0.2) is 4.39 Å². The van der Waals surface area contributed by atoms with Crippen molar-refractivity contribution in [3.8, 4) is 11.1 Å². The summed E-state index contributed by atoms with van der Waals surface area (Å²) >= 11 is 0. The van der Waals surface area contributed by atoms with Crippen LogP contribution in [0.3, 0.4) is 0 Å². The van der Waals surface area contributed by atoms with Gasteiger partial charge in [0.1, 0.15) is 5.82 Å². The van der Waals surface area contributed by atoms with Gasteiger partial charge in [0.2, 0.25) is 0 Å². The Morgan fingerprint density at radius 3 is 2.17 bits per heavy atom. The van der Waals surface area contributed by atoms with Crippen molar-refractivity contribution >= 4 is 6.29 Å². The number of rotatable bonds is 2. The largest absolute Gasteiger partial charge is 0.298 e. The van der Waals surface area contributed by atoms with Crippen LogP contribution in [-0.4, -0.2) is 6.29 Å². The first-order valence-electron chi connectivity index (χ1n) is 5.86. The van der Waals surface area contributed by atoms with Crippen LogP contribution >= 0.6 is 0 Å². The summed E-state index contributed by atoms with van der Waals surface area (Å²) in [5.41, 5.74) is 4.85. The van der Waals surface area contributed by atoms with E-state index in [-0.39, 0.29) is 5.82 Å². The molecule has 0 spiro atoms. The minimum absolute atomic E-state index is 0.238. The quantitative estimate of drug-likeness (QED) is 0.720. The van der Waals surface area contributed by atoms with E-state index in [1.54, 1.807) is 6.07 Å². The Kier molecular flexibility index (Phi) is 3.28. The summed E-state index contributed by atoms with van der Waals surface area (Å²) in [6.07, 6.45) is 0.848. The summed E-state index contributed by atoms with van der Waals surface area (Å²) in [6.45, 7) is 5.67. The Hall–Kier alpha value is -1.96. The summed E-state index contributed by atoms with van der Waals surface area (Å²) in [6, 6.07) is 8.76. The van der Waals surface area contributed by atoms with E-state index in [4.69, 9.17) is 0 Å². The first kappa shape index (κ1) is 12.5. The molecule has 18 heavy (non-hydrogen) atoms. The van der Waals surface area contributed by atoms with Crippen molar-refractivity contribution in [1.82, 2.24) is 0 Å². The zero-order valence-corrected chi connectivity index (χ0v) is 10.8. The fraction of sp³-hybridized carbons (Fsp3) is 0.188. The lowest BCUT2D eigenvalue weighted by Gasteiger charge is -2.10. The number of aryl methyl sites for hydroxylation is 3. The molecule has 0 saturated heterocycles. The molecule has 1 nitrogen and oxygen atoms in total. The van der Waals surface area contributed by atoms with Crippen LogP contribution in [0.2, 0.25) is 0 Å². The average Bonchev–Trinajstić information content (AvgIpc) is 2.32. The zero-order valence-electron chi connectivity index (χ0n) is 10.8. The lowest BCUT2D eigenvalue weighted by molar-refractivity contribution is 0.112. The van der Waals surface area contributed by atoms with E-state index < -0.39 is 0 Å². The summed E-state index contributed by atoms with van der Waals surface area (Å²) in [4.78, 5) is 10.9. The Labute approximate surface area is 106 Å². The molecule has 2 aromatic carbocycles. The molecule has 2 rings (SSSR count). The molecule has 0 aromatic heterocycles. The number of hydrogen-bond donors (Lipinski definition) is 0. The third-order valence-corrected chi connectivity index (χ3v) is 3.14.